The van der Waals surface area contributed by atoms with Crippen LogP contribution in [0.1, 0.15) is 44.2 Å². The summed E-state index contributed by atoms with van der Waals surface area (Å²) in [6, 6.07) is 1.07. The van der Waals surface area contributed by atoms with Gasteiger partial charge in [-0.15, -0.1) is 0 Å². The summed E-state index contributed by atoms with van der Waals surface area (Å²) in [6.07, 6.45) is 9.30. The molecule has 0 saturated carbocycles. The maximum Gasteiger partial charge on any atom is 0.0538 e. The fourth-order valence-electron chi connectivity index (χ4n) is 3.92. The van der Waals surface area contributed by atoms with Crippen LogP contribution >= 0.6 is 0 Å². The van der Waals surface area contributed by atoms with Crippen molar-refractivity contribution in [2.24, 2.45) is 5.73 Å². The molecule has 2 unspecified atom stereocenters. The zero-order valence-corrected chi connectivity index (χ0v) is 13.2. The summed E-state index contributed by atoms with van der Waals surface area (Å²) < 4.78 is 2.05. The first-order chi connectivity index (χ1) is 10.3. The van der Waals surface area contributed by atoms with Crippen molar-refractivity contribution in [1.29, 1.82) is 0 Å². The van der Waals surface area contributed by atoms with E-state index in [1.54, 1.807) is 0 Å². The predicted octanol–water partition coefficient (Wildman–Crippen LogP) is 1.46. The lowest BCUT2D eigenvalue weighted by Crippen LogP contribution is -2.40. The normalized spacial score (nSPS) is 25.7. The zero-order chi connectivity index (χ0) is 14.7. The van der Waals surface area contributed by atoms with Crippen LogP contribution in [-0.4, -0.2) is 58.3 Å². The Morgan fingerprint density at radius 1 is 1.33 bits per heavy atom. The molecule has 0 aliphatic carbocycles. The molecule has 0 bridgehead atoms. The molecule has 118 valence electrons. The third-order valence-electron chi connectivity index (χ3n) is 4.99. The van der Waals surface area contributed by atoms with Crippen LogP contribution in [0.5, 0.6) is 0 Å². The van der Waals surface area contributed by atoms with Gasteiger partial charge in [0.25, 0.3) is 0 Å². The summed E-state index contributed by atoms with van der Waals surface area (Å²) in [6.45, 7) is 8.74. The van der Waals surface area contributed by atoms with Crippen molar-refractivity contribution < 1.29 is 0 Å². The Morgan fingerprint density at radius 3 is 3.00 bits per heavy atom. The third kappa shape index (κ3) is 3.30. The van der Waals surface area contributed by atoms with E-state index < -0.39 is 0 Å². The summed E-state index contributed by atoms with van der Waals surface area (Å²) >= 11 is 0. The first-order valence-corrected chi connectivity index (χ1v) is 8.52. The molecular weight excluding hydrogens is 262 g/mol. The lowest BCUT2D eigenvalue weighted by atomic mass is 10.1. The highest BCUT2D eigenvalue weighted by atomic mass is 15.3. The second-order valence-corrected chi connectivity index (χ2v) is 6.47. The fraction of sp³-hybridized carbons (Fsp3) is 0.812. The molecule has 21 heavy (non-hydrogen) atoms. The second-order valence-electron chi connectivity index (χ2n) is 6.47. The van der Waals surface area contributed by atoms with Crippen LogP contribution in [0.2, 0.25) is 0 Å². The number of hydrogen-bond acceptors (Lipinski definition) is 4. The Hall–Kier alpha value is -0.910. The maximum absolute atomic E-state index is 6.11. The van der Waals surface area contributed by atoms with Gasteiger partial charge < -0.3 is 5.73 Å². The van der Waals surface area contributed by atoms with Gasteiger partial charge >= 0.3 is 0 Å². The van der Waals surface area contributed by atoms with Gasteiger partial charge in [-0.2, -0.15) is 5.10 Å². The smallest absolute Gasteiger partial charge is 0.0538 e. The summed E-state index contributed by atoms with van der Waals surface area (Å²) in [5.41, 5.74) is 7.40. The number of aromatic nitrogens is 2. The Morgan fingerprint density at radius 2 is 2.19 bits per heavy atom. The van der Waals surface area contributed by atoms with Gasteiger partial charge in [0.05, 0.1) is 12.2 Å². The van der Waals surface area contributed by atoms with Crippen molar-refractivity contribution in [2.45, 2.75) is 51.2 Å². The van der Waals surface area contributed by atoms with Crippen LogP contribution in [0.4, 0.5) is 0 Å². The molecule has 0 spiro atoms. The fourth-order valence-corrected chi connectivity index (χ4v) is 3.92. The summed E-state index contributed by atoms with van der Waals surface area (Å²) in [7, 11) is 0. The highest BCUT2D eigenvalue weighted by molar-refractivity contribution is 5.12. The van der Waals surface area contributed by atoms with Gasteiger partial charge in [-0.25, -0.2) is 0 Å². The van der Waals surface area contributed by atoms with Crippen LogP contribution in [-0.2, 0) is 6.54 Å². The molecule has 2 N–H and O–H groups in total. The van der Waals surface area contributed by atoms with Gasteiger partial charge in [-0.3, -0.25) is 14.5 Å². The third-order valence-corrected chi connectivity index (χ3v) is 4.99. The average Bonchev–Trinajstić information content (AvgIpc) is 3.07. The SMILES string of the molecule is CCCn1cc(C(CN)N2CCCN3CCCC3C2)cn1. The minimum atomic E-state index is 0.330. The molecule has 2 aliphatic rings. The zero-order valence-electron chi connectivity index (χ0n) is 13.2. The van der Waals surface area contributed by atoms with E-state index in [0.717, 1.165) is 25.6 Å². The van der Waals surface area contributed by atoms with E-state index in [9.17, 15) is 0 Å². The van der Waals surface area contributed by atoms with E-state index in [1.165, 1.54) is 44.5 Å². The molecule has 1 aromatic heterocycles. The van der Waals surface area contributed by atoms with Crippen molar-refractivity contribution in [3.8, 4) is 0 Å². The van der Waals surface area contributed by atoms with Crippen LogP contribution in [0, 0.1) is 0 Å². The predicted molar refractivity (Wildman–Crippen MR) is 85.1 cm³/mol. The Balaban J connectivity index is 1.71. The minimum Gasteiger partial charge on any atom is -0.329 e. The average molecular weight is 291 g/mol. The van der Waals surface area contributed by atoms with Crippen LogP contribution in [0.3, 0.4) is 0 Å². The van der Waals surface area contributed by atoms with E-state index in [-0.39, 0.29) is 0 Å². The Bertz CT molecular complexity index is 444. The number of fused-ring (bicyclic) bond motifs is 1. The number of nitrogens with two attached hydrogens (primary N) is 1. The van der Waals surface area contributed by atoms with Crippen molar-refractivity contribution in [1.82, 2.24) is 19.6 Å². The van der Waals surface area contributed by atoms with Gasteiger partial charge in [0.2, 0.25) is 0 Å². The molecule has 0 amide bonds. The van der Waals surface area contributed by atoms with E-state index in [0.29, 0.717) is 12.6 Å². The molecule has 2 aliphatic heterocycles. The first kappa shape index (κ1) is 15.0. The van der Waals surface area contributed by atoms with E-state index in [4.69, 9.17) is 5.73 Å². The Labute approximate surface area is 128 Å². The van der Waals surface area contributed by atoms with Crippen LogP contribution in [0.15, 0.2) is 12.4 Å². The number of hydrogen-bond donors (Lipinski definition) is 1. The molecule has 3 rings (SSSR count). The number of aryl methyl sites for hydroxylation is 1. The molecule has 0 aromatic carbocycles. The summed E-state index contributed by atoms with van der Waals surface area (Å²) in [5, 5.41) is 4.48. The quantitative estimate of drug-likeness (QED) is 0.892. The molecular formula is C16H29N5. The number of rotatable bonds is 5. The largest absolute Gasteiger partial charge is 0.329 e. The van der Waals surface area contributed by atoms with E-state index in [1.807, 2.05) is 6.20 Å². The monoisotopic (exact) mass is 291 g/mol. The minimum absolute atomic E-state index is 0.330. The summed E-state index contributed by atoms with van der Waals surface area (Å²) in [5.74, 6) is 0. The van der Waals surface area contributed by atoms with Gasteiger partial charge in [0.15, 0.2) is 0 Å². The first-order valence-electron chi connectivity index (χ1n) is 8.52. The van der Waals surface area contributed by atoms with Crippen LogP contribution < -0.4 is 5.73 Å². The molecule has 5 nitrogen and oxygen atoms in total. The van der Waals surface area contributed by atoms with Crippen molar-refractivity contribution >= 4 is 0 Å². The molecule has 0 radical (unpaired) electrons. The van der Waals surface area contributed by atoms with Gasteiger partial charge in [-0.1, -0.05) is 6.92 Å². The molecule has 3 heterocycles. The van der Waals surface area contributed by atoms with Gasteiger partial charge in [0, 0.05) is 44.0 Å². The van der Waals surface area contributed by atoms with E-state index in [2.05, 4.69) is 32.7 Å². The van der Waals surface area contributed by atoms with Gasteiger partial charge in [0.1, 0.15) is 0 Å². The highest BCUT2D eigenvalue weighted by Gasteiger charge is 2.31. The molecule has 5 heteroatoms. The lowest BCUT2D eigenvalue weighted by molar-refractivity contribution is 0.176. The molecule has 2 fully saturated rings. The molecule has 2 atom stereocenters. The van der Waals surface area contributed by atoms with Gasteiger partial charge in [-0.05, 0) is 38.8 Å². The molecule has 2 saturated heterocycles. The second kappa shape index (κ2) is 6.90. The van der Waals surface area contributed by atoms with Crippen LogP contribution in [0.25, 0.3) is 0 Å². The maximum atomic E-state index is 6.11. The summed E-state index contributed by atoms with van der Waals surface area (Å²) in [4.78, 5) is 5.28. The Kier molecular flexibility index (Phi) is 4.93. The lowest BCUT2D eigenvalue weighted by Gasteiger charge is -2.31. The molecule has 1 aromatic rings. The van der Waals surface area contributed by atoms with Crippen molar-refractivity contribution in [3.05, 3.63) is 18.0 Å². The van der Waals surface area contributed by atoms with Crippen molar-refractivity contribution in [3.63, 3.8) is 0 Å². The standard InChI is InChI=1S/C16H29N5/c1-2-6-21-12-14(11-18-21)16(10-17)20-9-4-8-19-7-3-5-15(19)13-20/h11-12,15-16H,2-10,13,17H2,1H3. The van der Waals surface area contributed by atoms with E-state index >= 15 is 0 Å². The highest BCUT2D eigenvalue weighted by Crippen LogP contribution is 2.27. The topological polar surface area (TPSA) is 50.3 Å². The number of nitrogens with zero attached hydrogens (tertiary/aromatic N) is 4. The van der Waals surface area contributed by atoms with Crippen molar-refractivity contribution in [2.75, 3.05) is 32.7 Å².